The summed E-state index contributed by atoms with van der Waals surface area (Å²) < 4.78 is 0. The van der Waals surface area contributed by atoms with Crippen molar-refractivity contribution in [1.82, 2.24) is 15.2 Å². The van der Waals surface area contributed by atoms with E-state index in [9.17, 15) is 4.79 Å². The monoisotopic (exact) mass is 362 g/mol. The number of rotatable bonds is 8. The number of nitrogens with zero attached hydrogens (tertiary/aromatic N) is 3. The Morgan fingerprint density at radius 2 is 1.85 bits per heavy atom. The highest BCUT2D eigenvalue weighted by Gasteiger charge is 2.03. The summed E-state index contributed by atoms with van der Waals surface area (Å²) in [5, 5.41) is 17.1. The molecule has 0 aliphatic carbocycles. The van der Waals surface area contributed by atoms with Crippen LogP contribution in [-0.4, -0.2) is 27.6 Å². The van der Waals surface area contributed by atoms with Gasteiger partial charge in [0.05, 0.1) is 6.20 Å². The molecule has 0 bridgehead atoms. The van der Waals surface area contributed by atoms with E-state index in [0.717, 1.165) is 25.1 Å². The zero-order chi connectivity index (χ0) is 18.9. The smallest absolute Gasteiger partial charge is 0.249 e. The minimum absolute atomic E-state index is 0.119. The summed E-state index contributed by atoms with van der Waals surface area (Å²) in [7, 11) is 0. The standard InChI is InChI=1S/C20H22N6O/c1-15(27)23-17-10-5-11-18(13-17)24-20-25-19(14-22-26-20)21-12-6-9-16-7-3-2-4-8-16/h2-5,7-8,10-11,13-14H,6,9,12H2,1H3,(H,23,27)(H2,21,24,25,26). The first kappa shape index (κ1) is 18.3. The SMILES string of the molecule is CC(=O)Nc1cccc(Nc2nncc(NCCCc3ccccc3)n2)c1. The lowest BCUT2D eigenvalue weighted by Gasteiger charge is -2.09. The molecule has 138 valence electrons. The summed E-state index contributed by atoms with van der Waals surface area (Å²) >= 11 is 0. The van der Waals surface area contributed by atoms with Gasteiger partial charge in [-0.25, -0.2) is 0 Å². The summed E-state index contributed by atoms with van der Waals surface area (Å²) in [6.45, 7) is 2.27. The van der Waals surface area contributed by atoms with Gasteiger partial charge in [-0.3, -0.25) is 4.79 Å². The van der Waals surface area contributed by atoms with Crippen LogP contribution >= 0.6 is 0 Å². The van der Waals surface area contributed by atoms with Crippen LogP contribution in [-0.2, 0) is 11.2 Å². The van der Waals surface area contributed by atoms with E-state index in [1.54, 1.807) is 6.20 Å². The topological polar surface area (TPSA) is 91.8 Å². The Kier molecular flexibility index (Phi) is 6.30. The van der Waals surface area contributed by atoms with Crippen molar-refractivity contribution in [2.24, 2.45) is 0 Å². The van der Waals surface area contributed by atoms with Crippen LogP contribution in [0.2, 0.25) is 0 Å². The van der Waals surface area contributed by atoms with Crippen LogP contribution in [0.1, 0.15) is 18.9 Å². The Labute approximate surface area is 158 Å². The minimum Gasteiger partial charge on any atom is -0.369 e. The molecular weight excluding hydrogens is 340 g/mol. The van der Waals surface area contributed by atoms with Crippen LogP contribution in [0, 0.1) is 0 Å². The van der Waals surface area contributed by atoms with Crippen LogP contribution in [0.4, 0.5) is 23.1 Å². The van der Waals surface area contributed by atoms with Crippen LogP contribution in [0.15, 0.2) is 60.8 Å². The number of hydrogen-bond donors (Lipinski definition) is 3. The van der Waals surface area contributed by atoms with Crippen LogP contribution < -0.4 is 16.0 Å². The lowest BCUT2D eigenvalue weighted by atomic mass is 10.1. The van der Waals surface area contributed by atoms with Crippen molar-refractivity contribution in [3.8, 4) is 0 Å². The first-order chi connectivity index (χ1) is 13.2. The van der Waals surface area contributed by atoms with Crippen molar-refractivity contribution >= 4 is 29.0 Å². The van der Waals surface area contributed by atoms with Gasteiger partial charge < -0.3 is 16.0 Å². The van der Waals surface area contributed by atoms with E-state index in [0.29, 0.717) is 17.5 Å². The van der Waals surface area contributed by atoms with Gasteiger partial charge in [0, 0.05) is 24.8 Å². The summed E-state index contributed by atoms with van der Waals surface area (Å²) in [5.41, 5.74) is 2.79. The summed E-state index contributed by atoms with van der Waals surface area (Å²) in [6.07, 6.45) is 3.60. The van der Waals surface area contributed by atoms with E-state index in [2.05, 4.69) is 55.4 Å². The molecule has 0 unspecified atom stereocenters. The number of amides is 1. The molecule has 0 fully saturated rings. The van der Waals surface area contributed by atoms with Crippen molar-refractivity contribution in [3.63, 3.8) is 0 Å². The second-order valence-corrected chi connectivity index (χ2v) is 6.07. The van der Waals surface area contributed by atoms with Crippen molar-refractivity contribution in [2.75, 3.05) is 22.5 Å². The van der Waals surface area contributed by atoms with Crippen LogP contribution in [0.3, 0.4) is 0 Å². The number of hydrogen-bond acceptors (Lipinski definition) is 6. The Hall–Kier alpha value is -3.48. The van der Waals surface area contributed by atoms with E-state index in [4.69, 9.17) is 0 Å². The summed E-state index contributed by atoms with van der Waals surface area (Å²) in [5.74, 6) is 0.938. The van der Waals surface area contributed by atoms with Gasteiger partial charge in [-0.15, -0.1) is 5.10 Å². The van der Waals surface area contributed by atoms with Gasteiger partial charge in [-0.1, -0.05) is 36.4 Å². The van der Waals surface area contributed by atoms with E-state index < -0.39 is 0 Å². The highest BCUT2D eigenvalue weighted by Crippen LogP contribution is 2.18. The van der Waals surface area contributed by atoms with E-state index in [1.807, 2.05) is 30.3 Å². The fourth-order valence-electron chi connectivity index (χ4n) is 2.60. The molecular formula is C20H22N6O. The number of aryl methyl sites for hydroxylation is 1. The average Bonchev–Trinajstić information content (AvgIpc) is 2.66. The van der Waals surface area contributed by atoms with Gasteiger partial charge in [-0.05, 0) is 36.6 Å². The summed E-state index contributed by atoms with van der Waals surface area (Å²) in [4.78, 5) is 15.6. The second kappa shape index (κ2) is 9.28. The molecule has 27 heavy (non-hydrogen) atoms. The molecule has 1 heterocycles. The lowest BCUT2D eigenvalue weighted by molar-refractivity contribution is -0.114. The predicted molar refractivity (Wildman–Crippen MR) is 107 cm³/mol. The normalized spacial score (nSPS) is 10.3. The van der Waals surface area contributed by atoms with E-state index >= 15 is 0 Å². The van der Waals surface area contributed by atoms with Crippen LogP contribution in [0.5, 0.6) is 0 Å². The molecule has 0 aliphatic rings. The van der Waals surface area contributed by atoms with Crippen molar-refractivity contribution in [2.45, 2.75) is 19.8 Å². The molecule has 0 radical (unpaired) electrons. The maximum atomic E-state index is 11.2. The largest absolute Gasteiger partial charge is 0.369 e. The van der Waals surface area contributed by atoms with Gasteiger partial charge in [0.25, 0.3) is 0 Å². The molecule has 1 aromatic heterocycles. The van der Waals surface area contributed by atoms with Gasteiger partial charge in [0.1, 0.15) is 0 Å². The maximum absolute atomic E-state index is 11.2. The Balaban J connectivity index is 1.53. The third-order valence-corrected chi connectivity index (χ3v) is 3.79. The van der Waals surface area contributed by atoms with Gasteiger partial charge in [0.2, 0.25) is 11.9 Å². The first-order valence-electron chi connectivity index (χ1n) is 8.81. The third-order valence-electron chi connectivity index (χ3n) is 3.79. The number of carbonyl (C=O) groups excluding carboxylic acids is 1. The Bertz CT molecular complexity index is 884. The molecule has 0 saturated carbocycles. The quantitative estimate of drug-likeness (QED) is 0.530. The first-order valence-corrected chi connectivity index (χ1v) is 8.81. The molecule has 0 atom stereocenters. The van der Waals surface area contributed by atoms with E-state index in [-0.39, 0.29) is 5.91 Å². The Morgan fingerprint density at radius 3 is 2.67 bits per heavy atom. The van der Waals surface area contributed by atoms with Crippen molar-refractivity contribution in [3.05, 3.63) is 66.4 Å². The van der Waals surface area contributed by atoms with Crippen LogP contribution in [0.25, 0.3) is 0 Å². The number of aromatic nitrogens is 3. The third kappa shape index (κ3) is 6.07. The molecule has 0 saturated heterocycles. The molecule has 7 heteroatoms. The molecule has 3 N–H and O–H groups in total. The highest BCUT2D eigenvalue weighted by atomic mass is 16.1. The minimum atomic E-state index is -0.119. The van der Waals surface area contributed by atoms with Gasteiger partial charge in [-0.2, -0.15) is 10.1 Å². The Morgan fingerprint density at radius 1 is 1.04 bits per heavy atom. The van der Waals surface area contributed by atoms with E-state index in [1.165, 1.54) is 12.5 Å². The van der Waals surface area contributed by atoms with Gasteiger partial charge >= 0.3 is 0 Å². The zero-order valence-corrected chi connectivity index (χ0v) is 15.1. The fraction of sp³-hybridized carbons (Fsp3) is 0.200. The highest BCUT2D eigenvalue weighted by molar-refractivity contribution is 5.89. The molecule has 0 spiro atoms. The summed E-state index contributed by atoms with van der Waals surface area (Å²) in [6, 6.07) is 17.7. The maximum Gasteiger partial charge on any atom is 0.249 e. The van der Waals surface area contributed by atoms with Gasteiger partial charge in [0.15, 0.2) is 5.82 Å². The van der Waals surface area contributed by atoms with Crippen molar-refractivity contribution in [1.29, 1.82) is 0 Å². The molecule has 7 nitrogen and oxygen atoms in total. The van der Waals surface area contributed by atoms with Crippen molar-refractivity contribution < 1.29 is 4.79 Å². The molecule has 3 aromatic rings. The number of benzene rings is 2. The molecule has 2 aromatic carbocycles. The number of anilines is 4. The average molecular weight is 362 g/mol. The lowest BCUT2D eigenvalue weighted by Crippen LogP contribution is -2.08. The molecule has 3 rings (SSSR count). The number of nitrogens with one attached hydrogen (secondary N) is 3. The second-order valence-electron chi connectivity index (χ2n) is 6.07. The zero-order valence-electron chi connectivity index (χ0n) is 15.1. The molecule has 1 amide bonds. The predicted octanol–water partition coefficient (Wildman–Crippen LogP) is 3.62. The fourth-order valence-corrected chi connectivity index (χ4v) is 2.60. The molecule has 0 aliphatic heterocycles. The number of carbonyl (C=O) groups is 1.